The quantitative estimate of drug-likeness (QED) is 0.846. The molecule has 0 heterocycles. The van der Waals surface area contributed by atoms with Crippen molar-refractivity contribution in [3.63, 3.8) is 0 Å². The highest BCUT2D eigenvalue weighted by Gasteiger charge is 2.34. The van der Waals surface area contributed by atoms with E-state index in [1.807, 2.05) is 6.07 Å². The highest BCUT2D eigenvalue weighted by molar-refractivity contribution is 5.35. The van der Waals surface area contributed by atoms with Gasteiger partial charge >= 0.3 is 0 Å². The molecular weight excluding hydrogens is 258 g/mol. The van der Waals surface area contributed by atoms with Crippen molar-refractivity contribution in [1.82, 2.24) is 5.32 Å². The summed E-state index contributed by atoms with van der Waals surface area (Å²) in [5, 5.41) is 3.89. The van der Waals surface area contributed by atoms with Crippen molar-refractivity contribution in [1.29, 1.82) is 0 Å². The fourth-order valence-electron chi connectivity index (χ4n) is 3.80. The second-order valence-corrected chi connectivity index (χ2v) is 7.49. The van der Waals surface area contributed by atoms with Crippen LogP contribution in [-0.4, -0.2) is 13.2 Å². The van der Waals surface area contributed by atoms with Crippen molar-refractivity contribution in [2.45, 2.75) is 65.5 Å². The van der Waals surface area contributed by atoms with Gasteiger partial charge < -0.3 is 10.1 Å². The topological polar surface area (TPSA) is 21.3 Å². The monoisotopic (exact) mass is 289 g/mol. The average molecular weight is 289 g/mol. The number of hydrogen-bond donors (Lipinski definition) is 1. The molecule has 1 aliphatic rings. The molecule has 0 aliphatic heterocycles. The molecular formula is C19H31NO. The van der Waals surface area contributed by atoms with Crippen LogP contribution < -0.4 is 10.1 Å². The molecule has 0 amide bonds. The van der Waals surface area contributed by atoms with Gasteiger partial charge in [-0.2, -0.15) is 0 Å². The van der Waals surface area contributed by atoms with Crippen molar-refractivity contribution in [2.75, 3.05) is 7.11 Å². The zero-order chi connectivity index (χ0) is 15.5. The summed E-state index contributed by atoms with van der Waals surface area (Å²) < 4.78 is 5.51. The number of benzene rings is 1. The third-order valence-electron chi connectivity index (χ3n) is 4.95. The summed E-state index contributed by atoms with van der Waals surface area (Å²) in [6.45, 7) is 9.40. The summed E-state index contributed by atoms with van der Waals surface area (Å²) in [6, 6.07) is 9.29. The van der Waals surface area contributed by atoms with Crippen molar-refractivity contribution < 1.29 is 4.74 Å². The summed E-state index contributed by atoms with van der Waals surface area (Å²) in [7, 11) is 1.75. The fourth-order valence-corrected chi connectivity index (χ4v) is 3.80. The molecule has 1 fully saturated rings. The number of nitrogens with one attached hydrogen (secondary N) is 1. The molecule has 1 aromatic carbocycles. The van der Waals surface area contributed by atoms with Gasteiger partial charge in [0.15, 0.2) is 0 Å². The van der Waals surface area contributed by atoms with Gasteiger partial charge in [0, 0.05) is 17.6 Å². The Morgan fingerprint density at radius 1 is 1.14 bits per heavy atom. The molecule has 1 N–H and O–H groups in total. The van der Waals surface area contributed by atoms with Gasteiger partial charge in [0.1, 0.15) is 5.75 Å². The molecule has 0 radical (unpaired) electrons. The standard InChI is InChI=1S/C19H31NO/c1-14(15-10-6-9-13-18(15)21-5)20-17-12-8-7-11-16(17)19(2,3)4/h6,9-10,13-14,16-17,20H,7-8,11-12H2,1-5H3/t14-,16?,17?/m1/s1. The van der Waals surface area contributed by atoms with Gasteiger partial charge in [-0.1, -0.05) is 51.8 Å². The first-order valence-electron chi connectivity index (χ1n) is 8.32. The zero-order valence-electron chi connectivity index (χ0n) is 14.3. The van der Waals surface area contributed by atoms with Gasteiger partial charge in [-0.05, 0) is 37.2 Å². The maximum absolute atomic E-state index is 5.51. The van der Waals surface area contributed by atoms with Gasteiger partial charge in [0.25, 0.3) is 0 Å². The van der Waals surface area contributed by atoms with E-state index in [1.165, 1.54) is 31.2 Å². The summed E-state index contributed by atoms with van der Waals surface area (Å²) in [6.07, 6.45) is 5.37. The van der Waals surface area contributed by atoms with Crippen molar-refractivity contribution in [2.24, 2.45) is 11.3 Å². The highest BCUT2D eigenvalue weighted by atomic mass is 16.5. The Morgan fingerprint density at radius 3 is 2.48 bits per heavy atom. The Kier molecular flexibility index (Phi) is 5.32. The van der Waals surface area contributed by atoms with E-state index >= 15 is 0 Å². The summed E-state index contributed by atoms with van der Waals surface area (Å²) >= 11 is 0. The van der Waals surface area contributed by atoms with Crippen LogP contribution in [0.4, 0.5) is 0 Å². The first-order chi connectivity index (χ1) is 9.93. The highest BCUT2D eigenvalue weighted by Crippen LogP contribution is 2.39. The molecule has 1 saturated carbocycles. The zero-order valence-corrected chi connectivity index (χ0v) is 14.3. The minimum absolute atomic E-state index is 0.328. The van der Waals surface area contributed by atoms with E-state index in [4.69, 9.17) is 4.74 Å². The van der Waals surface area contributed by atoms with Crippen LogP contribution >= 0.6 is 0 Å². The van der Waals surface area contributed by atoms with E-state index in [0.29, 0.717) is 17.5 Å². The lowest BCUT2D eigenvalue weighted by Gasteiger charge is -2.42. The van der Waals surface area contributed by atoms with Gasteiger partial charge in [-0.3, -0.25) is 0 Å². The third-order valence-corrected chi connectivity index (χ3v) is 4.95. The molecule has 2 unspecified atom stereocenters. The first kappa shape index (κ1) is 16.4. The van der Waals surface area contributed by atoms with Crippen LogP contribution in [0.1, 0.15) is 65.0 Å². The van der Waals surface area contributed by atoms with E-state index in [0.717, 1.165) is 11.7 Å². The third kappa shape index (κ3) is 4.00. The smallest absolute Gasteiger partial charge is 0.123 e. The van der Waals surface area contributed by atoms with Gasteiger partial charge in [-0.15, -0.1) is 0 Å². The fraction of sp³-hybridized carbons (Fsp3) is 0.684. The number of ether oxygens (including phenoxy) is 1. The maximum Gasteiger partial charge on any atom is 0.123 e. The Morgan fingerprint density at radius 2 is 1.81 bits per heavy atom. The van der Waals surface area contributed by atoms with E-state index in [2.05, 4.69) is 51.2 Å². The van der Waals surface area contributed by atoms with Crippen LogP contribution in [0.15, 0.2) is 24.3 Å². The molecule has 0 saturated heterocycles. The molecule has 2 heteroatoms. The first-order valence-corrected chi connectivity index (χ1v) is 8.32. The van der Waals surface area contributed by atoms with E-state index < -0.39 is 0 Å². The number of para-hydroxylation sites is 1. The van der Waals surface area contributed by atoms with Crippen LogP contribution in [0.5, 0.6) is 5.75 Å². The van der Waals surface area contributed by atoms with Gasteiger partial charge in [0.2, 0.25) is 0 Å². The Hall–Kier alpha value is -1.02. The lowest BCUT2D eigenvalue weighted by atomic mass is 9.69. The van der Waals surface area contributed by atoms with E-state index in [-0.39, 0.29) is 0 Å². The van der Waals surface area contributed by atoms with Crippen LogP contribution in [0.3, 0.4) is 0 Å². The number of methoxy groups -OCH3 is 1. The summed E-state index contributed by atoms with van der Waals surface area (Å²) in [5.74, 6) is 1.74. The number of rotatable bonds is 4. The molecule has 118 valence electrons. The van der Waals surface area contributed by atoms with E-state index in [9.17, 15) is 0 Å². The van der Waals surface area contributed by atoms with Gasteiger partial charge in [-0.25, -0.2) is 0 Å². The number of hydrogen-bond acceptors (Lipinski definition) is 2. The lowest BCUT2D eigenvalue weighted by Crippen LogP contribution is -2.45. The Balaban J connectivity index is 2.11. The van der Waals surface area contributed by atoms with Crippen LogP contribution in [0.25, 0.3) is 0 Å². The molecule has 1 aliphatic carbocycles. The second kappa shape index (κ2) is 6.83. The molecule has 0 aromatic heterocycles. The normalized spacial score (nSPS) is 24.6. The summed E-state index contributed by atoms with van der Waals surface area (Å²) in [5.41, 5.74) is 1.64. The van der Waals surface area contributed by atoms with Crippen LogP contribution in [-0.2, 0) is 0 Å². The van der Waals surface area contributed by atoms with Crippen molar-refractivity contribution >= 4 is 0 Å². The van der Waals surface area contributed by atoms with E-state index in [1.54, 1.807) is 7.11 Å². The SMILES string of the molecule is COc1ccccc1[C@@H](C)NC1CCCCC1C(C)(C)C. The van der Waals surface area contributed by atoms with Crippen LogP contribution in [0.2, 0.25) is 0 Å². The lowest BCUT2D eigenvalue weighted by molar-refractivity contribution is 0.124. The molecule has 2 nitrogen and oxygen atoms in total. The molecule has 0 bridgehead atoms. The average Bonchev–Trinajstić information content (AvgIpc) is 2.46. The molecule has 1 aromatic rings. The van der Waals surface area contributed by atoms with Crippen LogP contribution in [0, 0.1) is 11.3 Å². The minimum Gasteiger partial charge on any atom is -0.496 e. The molecule has 0 spiro atoms. The molecule has 3 atom stereocenters. The predicted octanol–water partition coefficient (Wildman–Crippen LogP) is 4.95. The maximum atomic E-state index is 5.51. The van der Waals surface area contributed by atoms with Gasteiger partial charge in [0.05, 0.1) is 7.11 Å². The molecule has 21 heavy (non-hydrogen) atoms. The largest absolute Gasteiger partial charge is 0.496 e. The second-order valence-electron chi connectivity index (χ2n) is 7.49. The van der Waals surface area contributed by atoms with Crippen molar-refractivity contribution in [3.05, 3.63) is 29.8 Å². The Labute approximate surface area is 130 Å². The minimum atomic E-state index is 0.328. The summed E-state index contributed by atoms with van der Waals surface area (Å²) in [4.78, 5) is 0. The predicted molar refractivity (Wildman–Crippen MR) is 89.7 cm³/mol. The van der Waals surface area contributed by atoms with Crippen molar-refractivity contribution in [3.8, 4) is 5.75 Å². The molecule has 2 rings (SSSR count). The Bertz CT molecular complexity index is 449.